The van der Waals surface area contributed by atoms with Crippen LogP contribution in [0, 0.1) is 12.7 Å². The molecule has 1 unspecified atom stereocenters. The van der Waals surface area contributed by atoms with Crippen molar-refractivity contribution in [1.82, 2.24) is 19.9 Å². The molecule has 1 atom stereocenters. The Kier molecular flexibility index (Phi) is 6.84. The average Bonchev–Trinajstić information content (AvgIpc) is 3.35. The lowest BCUT2D eigenvalue weighted by Gasteiger charge is -2.16. The molecule has 0 radical (unpaired) electrons. The van der Waals surface area contributed by atoms with Crippen LogP contribution in [0.1, 0.15) is 27.5 Å². The third-order valence-corrected chi connectivity index (χ3v) is 5.24. The van der Waals surface area contributed by atoms with Crippen LogP contribution in [0.4, 0.5) is 16.0 Å². The quantitative estimate of drug-likeness (QED) is 0.368. The van der Waals surface area contributed by atoms with E-state index in [9.17, 15) is 14.3 Å². The molecule has 1 amide bonds. The maximum Gasteiger partial charge on any atom is 0.253 e. The van der Waals surface area contributed by atoms with E-state index in [4.69, 9.17) is 4.74 Å². The van der Waals surface area contributed by atoms with E-state index in [0.29, 0.717) is 23.0 Å². The third-order valence-electron chi connectivity index (χ3n) is 5.24. The van der Waals surface area contributed by atoms with Gasteiger partial charge in [0.1, 0.15) is 5.82 Å². The van der Waals surface area contributed by atoms with Gasteiger partial charge in [-0.2, -0.15) is 4.98 Å². The second-order valence-corrected chi connectivity index (χ2v) is 7.60. The number of aliphatic hydroxyl groups is 1. The molecule has 0 aliphatic carbocycles. The lowest BCUT2D eigenvalue weighted by atomic mass is 10.1. The Morgan fingerprint density at radius 1 is 1.21 bits per heavy atom. The molecule has 4 rings (SSSR count). The van der Waals surface area contributed by atoms with Crippen LogP contribution in [0.25, 0.3) is 5.82 Å². The minimum atomic E-state index is -0.513. The Bertz CT molecular complexity index is 1290. The zero-order valence-corrected chi connectivity index (χ0v) is 18.7. The molecular weight excluding hydrogens is 437 g/mol. The van der Waals surface area contributed by atoms with E-state index in [1.165, 1.54) is 19.2 Å². The van der Waals surface area contributed by atoms with Crippen molar-refractivity contribution in [1.29, 1.82) is 0 Å². The normalized spacial score (nSPS) is 11.6. The molecule has 0 saturated heterocycles. The van der Waals surface area contributed by atoms with E-state index in [1.54, 1.807) is 35.3 Å². The Morgan fingerprint density at radius 3 is 2.74 bits per heavy atom. The Hall–Kier alpha value is -4.24. The SMILES string of the molecule is COc1cc(Nc2ncc(C)c(-n3ccc(C(=O)NC(CO)c4ccccc4)c3)n2)ccc1F. The van der Waals surface area contributed by atoms with Gasteiger partial charge in [-0.05, 0) is 30.7 Å². The molecule has 0 bridgehead atoms. The topological polar surface area (TPSA) is 101 Å². The predicted molar refractivity (Wildman–Crippen MR) is 126 cm³/mol. The molecule has 34 heavy (non-hydrogen) atoms. The van der Waals surface area contributed by atoms with Crippen molar-refractivity contribution < 1.29 is 19.0 Å². The smallest absolute Gasteiger partial charge is 0.253 e. The summed E-state index contributed by atoms with van der Waals surface area (Å²) in [5, 5.41) is 15.6. The van der Waals surface area contributed by atoms with Gasteiger partial charge in [0.2, 0.25) is 5.95 Å². The van der Waals surface area contributed by atoms with Gasteiger partial charge in [-0.1, -0.05) is 30.3 Å². The summed E-state index contributed by atoms with van der Waals surface area (Å²) in [6.45, 7) is 1.64. The number of carbonyl (C=O) groups excluding carboxylic acids is 1. The average molecular weight is 461 g/mol. The van der Waals surface area contributed by atoms with Gasteiger partial charge in [0.05, 0.1) is 25.3 Å². The molecular formula is C25H24FN5O3. The summed E-state index contributed by atoms with van der Waals surface area (Å²) < 4.78 is 20.4. The molecule has 2 aromatic carbocycles. The Balaban J connectivity index is 1.53. The second kappa shape index (κ2) is 10.1. The van der Waals surface area contributed by atoms with Gasteiger partial charge in [-0.3, -0.25) is 4.79 Å². The molecule has 9 heteroatoms. The minimum absolute atomic E-state index is 0.107. The number of amides is 1. The number of benzene rings is 2. The van der Waals surface area contributed by atoms with Gasteiger partial charge in [0.25, 0.3) is 5.91 Å². The number of carbonyl (C=O) groups is 1. The van der Waals surface area contributed by atoms with Gasteiger partial charge in [-0.25, -0.2) is 9.37 Å². The number of methoxy groups -OCH3 is 1. The van der Waals surface area contributed by atoms with Gasteiger partial charge >= 0.3 is 0 Å². The molecule has 0 saturated carbocycles. The molecule has 0 aliphatic heterocycles. The second-order valence-electron chi connectivity index (χ2n) is 7.60. The molecule has 4 aromatic rings. The molecule has 0 spiro atoms. The van der Waals surface area contributed by atoms with Crippen molar-refractivity contribution in [3.05, 3.63) is 95.7 Å². The first-order valence-corrected chi connectivity index (χ1v) is 10.6. The fourth-order valence-corrected chi connectivity index (χ4v) is 3.45. The summed E-state index contributed by atoms with van der Waals surface area (Å²) in [5.41, 5.74) is 2.60. The van der Waals surface area contributed by atoms with Gasteiger partial charge in [0, 0.05) is 35.9 Å². The van der Waals surface area contributed by atoms with Crippen molar-refractivity contribution in [2.24, 2.45) is 0 Å². The molecule has 0 fully saturated rings. The van der Waals surface area contributed by atoms with Crippen molar-refractivity contribution in [3.8, 4) is 11.6 Å². The lowest BCUT2D eigenvalue weighted by Crippen LogP contribution is -2.30. The van der Waals surface area contributed by atoms with Gasteiger partial charge in [0.15, 0.2) is 11.6 Å². The summed E-state index contributed by atoms with van der Waals surface area (Å²) in [6, 6.07) is 14.8. The van der Waals surface area contributed by atoms with E-state index < -0.39 is 11.9 Å². The van der Waals surface area contributed by atoms with Crippen LogP contribution in [-0.2, 0) is 0 Å². The number of hydrogen-bond donors (Lipinski definition) is 3. The number of rotatable bonds is 8. The molecule has 174 valence electrons. The van der Waals surface area contributed by atoms with Crippen molar-refractivity contribution in [3.63, 3.8) is 0 Å². The van der Waals surface area contributed by atoms with E-state index in [2.05, 4.69) is 20.6 Å². The van der Waals surface area contributed by atoms with Crippen LogP contribution in [-0.4, -0.2) is 39.3 Å². The van der Waals surface area contributed by atoms with Gasteiger partial charge < -0.3 is 25.0 Å². The Morgan fingerprint density at radius 2 is 2.00 bits per heavy atom. The first-order chi connectivity index (χ1) is 16.5. The first-order valence-electron chi connectivity index (χ1n) is 10.6. The molecule has 2 aromatic heterocycles. The summed E-state index contributed by atoms with van der Waals surface area (Å²) in [4.78, 5) is 21.6. The fourth-order valence-electron chi connectivity index (χ4n) is 3.45. The number of aliphatic hydroxyl groups excluding tert-OH is 1. The number of halogens is 1. The fraction of sp³-hybridized carbons (Fsp3) is 0.160. The standard InChI is InChI=1S/C25H24FN5O3/c1-16-13-27-25(28-19-8-9-20(26)22(12-19)34-2)30-23(16)31-11-10-18(14-31)24(33)29-21(15-32)17-6-4-3-5-7-17/h3-14,21,32H,15H2,1-2H3,(H,29,33)(H,27,28,30). The number of ether oxygens (including phenoxy) is 1. The van der Waals surface area contributed by atoms with Crippen molar-refractivity contribution in [2.45, 2.75) is 13.0 Å². The minimum Gasteiger partial charge on any atom is -0.494 e. The van der Waals surface area contributed by atoms with E-state index >= 15 is 0 Å². The molecule has 2 heterocycles. The van der Waals surface area contributed by atoms with Crippen molar-refractivity contribution >= 4 is 17.5 Å². The van der Waals surface area contributed by atoms with Crippen LogP contribution in [0.2, 0.25) is 0 Å². The van der Waals surface area contributed by atoms with Crippen LogP contribution in [0.15, 0.2) is 73.2 Å². The number of nitrogens with one attached hydrogen (secondary N) is 2. The largest absolute Gasteiger partial charge is 0.494 e. The lowest BCUT2D eigenvalue weighted by molar-refractivity contribution is 0.0916. The van der Waals surface area contributed by atoms with Crippen LogP contribution >= 0.6 is 0 Å². The third kappa shape index (κ3) is 5.05. The summed E-state index contributed by atoms with van der Waals surface area (Å²) in [5.74, 6) is 0.207. The van der Waals surface area contributed by atoms with E-state index in [0.717, 1.165) is 11.1 Å². The monoisotopic (exact) mass is 461 g/mol. The highest BCUT2D eigenvalue weighted by molar-refractivity contribution is 5.94. The molecule has 8 nitrogen and oxygen atoms in total. The van der Waals surface area contributed by atoms with Crippen LogP contribution in [0.3, 0.4) is 0 Å². The highest BCUT2D eigenvalue weighted by atomic mass is 19.1. The number of hydrogen-bond acceptors (Lipinski definition) is 6. The Labute approximate surface area is 196 Å². The summed E-state index contributed by atoms with van der Waals surface area (Å²) in [6.07, 6.45) is 5.04. The van der Waals surface area contributed by atoms with E-state index in [-0.39, 0.29) is 18.3 Å². The highest BCUT2D eigenvalue weighted by Gasteiger charge is 2.17. The zero-order valence-electron chi connectivity index (χ0n) is 18.7. The highest BCUT2D eigenvalue weighted by Crippen LogP contribution is 2.24. The maximum atomic E-state index is 13.7. The molecule has 3 N–H and O–H groups in total. The number of aromatic nitrogens is 3. The zero-order chi connectivity index (χ0) is 24.1. The van der Waals surface area contributed by atoms with Crippen LogP contribution in [0.5, 0.6) is 5.75 Å². The van der Waals surface area contributed by atoms with Crippen LogP contribution < -0.4 is 15.4 Å². The number of nitrogens with zero attached hydrogens (tertiary/aromatic N) is 3. The predicted octanol–water partition coefficient (Wildman–Crippen LogP) is 3.93. The number of anilines is 2. The van der Waals surface area contributed by atoms with Crippen molar-refractivity contribution in [2.75, 3.05) is 19.0 Å². The summed E-state index contributed by atoms with van der Waals surface area (Å²) in [7, 11) is 1.39. The molecule has 0 aliphatic rings. The maximum absolute atomic E-state index is 13.7. The number of aryl methyl sites for hydroxylation is 1. The first kappa shape index (κ1) is 22.9. The van der Waals surface area contributed by atoms with Gasteiger partial charge in [-0.15, -0.1) is 0 Å². The van der Waals surface area contributed by atoms with E-state index in [1.807, 2.05) is 37.3 Å². The summed E-state index contributed by atoms with van der Waals surface area (Å²) >= 11 is 0.